The maximum Gasteiger partial charge on any atom is 0.255 e. The molecular formula is C25H25N7O3. The number of tetrazole rings is 1. The summed E-state index contributed by atoms with van der Waals surface area (Å²) in [6.45, 7) is 1.21. The normalized spacial score (nSPS) is 18.5. The maximum atomic E-state index is 13.7. The molecule has 2 aliphatic rings. The fourth-order valence-electron chi connectivity index (χ4n) is 4.85. The molecule has 1 saturated heterocycles. The number of methoxy groups -OCH3 is 1. The zero-order valence-electron chi connectivity index (χ0n) is 19.3. The first kappa shape index (κ1) is 21.5. The molecule has 10 nitrogen and oxygen atoms in total. The van der Waals surface area contributed by atoms with Crippen LogP contribution in [0.5, 0.6) is 5.75 Å². The van der Waals surface area contributed by atoms with Crippen molar-refractivity contribution >= 4 is 5.91 Å². The van der Waals surface area contributed by atoms with Gasteiger partial charge in [0.25, 0.3) is 5.91 Å². The molecule has 0 radical (unpaired) electrons. The van der Waals surface area contributed by atoms with E-state index >= 15 is 0 Å². The van der Waals surface area contributed by atoms with Crippen LogP contribution in [0.25, 0.3) is 11.1 Å². The molecule has 4 heterocycles. The zero-order chi connectivity index (χ0) is 23.8. The fourth-order valence-corrected chi connectivity index (χ4v) is 4.85. The van der Waals surface area contributed by atoms with Gasteiger partial charge in [0, 0.05) is 30.5 Å². The summed E-state index contributed by atoms with van der Waals surface area (Å²) in [5.74, 6) is 1.04. The minimum Gasteiger partial charge on any atom is -0.497 e. The van der Waals surface area contributed by atoms with Crippen molar-refractivity contribution in [2.45, 2.75) is 38.1 Å². The number of aromatic amines is 1. The largest absolute Gasteiger partial charge is 0.497 e. The van der Waals surface area contributed by atoms with Gasteiger partial charge in [0.05, 0.1) is 13.3 Å². The third-order valence-electron chi connectivity index (χ3n) is 6.65. The lowest BCUT2D eigenvalue weighted by atomic mass is 10.0. The predicted molar refractivity (Wildman–Crippen MR) is 125 cm³/mol. The van der Waals surface area contributed by atoms with Crippen LogP contribution in [0.1, 0.15) is 58.8 Å². The van der Waals surface area contributed by atoms with Crippen molar-refractivity contribution in [1.82, 2.24) is 35.3 Å². The van der Waals surface area contributed by atoms with Gasteiger partial charge in [0.2, 0.25) is 5.82 Å². The molecule has 6 rings (SSSR count). The van der Waals surface area contributed by atoms with E-state index < -0.39 is 6.04 Å². The monoisotopic (exact) mass is 471 g/mol. The summed E-state index contributed by atoms with van der Waals surface area (Å²) in [5.41, 5.74) is 4.37. The molecule has 4 aromatic rings. The van der Waals surface area contributed by atoms with Crippen LogP contribution in [-0.4, -0.2) is 54.9 Å². The van der Waals surface area contributed by atoms with Crippen molar-refractivity contribution in [3.8, 4) is 16.9 Å². The second kappa shape index (κ2) is 8.95. The number of aromatic nitrogens is 6. The molecule has 2 aromatic heterocycles. The van der Waals surface area contributed by atoms with Crippen LogP contribution in [0.2, 0.25) is 0 Å². The van der Waals surface area contributed by atoms with Crippen LogP contribution in [0.4, 0.5) is 0 Å². The van der Waals surface area contributed by atoms with E-state index in [1.807, 2.05) is 59.5 Å². The Labute approximate surface area is 201 Å². The third kappa shape index (κ3) is 3.95. The summed E-state index contributed by atoms with van der Waals surface area (Å²) in [4.78, 5) is 15.4. The molecule has 35 heavy (non-hydrogen) atoms. The fraction of sp³-hybridized carbons (Fsp3) is 0.320. The van der Waals surface area contributed by atoms with E-state index in [1.165, 1.54) is 0 Å². The Balaban J connectivity index is 1.31. The molecule has 0 saturated carbocycles. The van der Waals surface area contributed by atoms with E-state index in [0.717, 1.165) is 48.1 Å². The Morgan fingerprint density at radius 2 is 2.11 bits per heavy atom. The first-order valence-electron chi connectivity index (χ1n) is 11.7. The van der Waals surface area contributed by atoms with Gasteiger partial charge < -0.3 is 14.4 Å². The van der Waals surface area contributed by atoms with Crippen molar-refractivity contribution in [2.24, 2.45) is 0 Å². The highest BCUT2D eigenvalue weighted by molar-refractivity contribution is 6.00. The van der Waals surface area contributed by atoms with Gasteiger partial charge in [-0.05, 0) is 54.2 Å². The van der Waals surface area contributed by atoms with Gasteiger partial charge in [-0.15, -0.1) is 10.2 Å². The molecule has 2 unspecified atom stereocenters. The molecule has 1 N–H and O–H groups in total. The number of nitrogens with one attached hydrogen (secondary N) is 1. The van der Waals surface area contributed by atoms with E-state index in [9.17, 15) is 4.79 Å². The van der Waals surface area contributed by atoms with Crippen LogP contribution >= 0.6 is 0 Å². The number of carbonyl (C=O) groups is 1. The lowest BCUT2D eigenvalue weighted by Crippen LogP contribution is -2.30. The molecule has 2 aliphatic heterocycles. The van der Waals surface area contributed by atoms with Crippen LogP contribution < -0.4 is 4.74 Å². The number of carbonyl (C=O) groups excluding carboxylic acids is 1. The third-order valence-corrected chi connectivity index (χ3v) is 6.65. The second-order valence-electron chi connectivity index (χ2n) is 8.78. The maximum absolute atomic E-state index is 13.7. The minimum absolute atomic E-state index is 0.0253. The quantitative estimate of drug-likeness (QED) is 0.458. The lowest BCUT2D eigenvalue weighted by Gasteiger charge is -2.25. The summed E-state index contributed by atoms with van der Waals surface area (Å²) >= 11 is 0. The molecule has 1 fully saturated rings. The molecule has 2 atom stereocenters. The number of H-pyrrole nitrogens is 1. The predicted octanol–water partition coefficient (Wildman–Crippen LogP) is 3.52. The smallest absolute Gasteiger partial charge is 0.255 e. The van der Waals surface area contributed by atoms with Gasteiger partial charge in [-0.3, -0.25) is 4.79 Å². The molecule has 1 amide bonds. The Bertz CT molecular complexity index is 1340. The Hall–Kier alpha value is -4.05. The standard InChI is InChI=1S/C25H25N7O3/c1-34-20-6-4-5-17(11-20)23(24-27-29-30-28-24)31-14-18-9-8-16(12-21(18)25(31)33)19-13-26-32(15-19)22-7-2-3-10-35-22/h4-6,8-9,11-13,15,22-23H,2-3,7,10,14H2,1H3,(H,27,28,29,30). The van der Waals surface area contributed by atoms with Gasteiger partial charge in [-0.1, -0.05) is 29.5 Å². The van der Waals surface area contributed by atoms with Crippen LogP contribution in [0, 0.1) is 0 Å². The number of nitrogens with zero attached hydrogens (tertiary/aromatic N) is 6. The lowest BCUT2D eigenvalue weighted by molar-refractivity contribution is -0.0394. The van der Waals surface area contributed by atoms with E-state index in [-0.39, 0.29) is 12.1 Å². The Morgan fingerprint density at radius 1 is 1.17 bits per heavy atom. The van der Waals surface area contributed by atoms with Crippen molar-refractivity contribution in [3.63, 3.8) is 0 Å². The number of hydrogen-bond donors (Lipinski definition) is 1. The first-order chi connectivity index (χ1) is 17.2. The van der Waals surface area contributed by atoms with Crippen molar-refractivity contribution in [3.05, 3.63) is 77.4 Å². The number of fused-ring (bicyclic) bond motifs is 1. The highest BCUT2D eigenvalue weighted by Crippen LogP contribution is 2.37. The van der Waals surface area contributed by atoms with Crippen LogP contribution in [0.3, 0.4) is 0 Å². The van der Waals surface area contributed by atoms with Crippen LogP contribution in [0.15, 0.2) is 54.9 Å². The number of hydrogen-bond acceptors (Lipinski definition) is 7. The summed E-state index contributed by atoms with van der Waals surface area (Å²) in [5, 5.41) is 19.1. The summed E-state index contributed by atoms with van der Waals surface area (Å²) in [7, 11) is 1.61. The topological polar surface area (TPSA) is 111 Å². The van der Waals surface area contributed by atoms with Crippen molar-refractivity contribution < 1.29 is 14.3 Å². The second-order valence-corrected chi connectivity index (χ2v) is 8.78. The van der Waals surface area contributed by atoms with Crippen LogP contribution in [-0.2, 0) is 11.3 Å². The van der Waals surface area contributed by atoms with E-state index in [0.29, 0.717) is 23.7 Å². The zero-order valence-corrected chi connectivity index (χ0v) is 19.3. The SMILES string of the molecule is COc1cccc(C(c2nn[nH]n2)N2Cc3ccc(-c4cnn(C5CCCCO5)c4)cc3C2=O)c1. The Morgan fingerprint density at radius 3 is 2.91 bits per heavy atom. The first-order valence-corrected chi connectivity index (χ1v) is 11.7. The molecule has 0 spiro atoms. The summed E-state index contributed by atoms with van der Waals surface area (Å²) in [6.07, 6.45) is 6.98. The number of ether oxygens (including phenoxy) is 2. The molecule has 178 valence electrons. The molecular weight excluding hydrogens is 446 g/mol. The Kier molecular flexibility index (Phi) is 5.49. The molecule has 2 aromatic carbocycles. The van der Waals surface area contributed by atoms with Gasteiger partial charge in [-0.2, -0.15) is 10.3 Å². The van der Waals surface area contributed by atoms with E-state index in [1.54, 1.807) is 12.0 Å². The summed E-state index contributed by atoms with van der Waals surface area (Å²) in [6, 6.07) is 13.1. The number of amides is 1. The van der Waals surface area contributed by atoms with Gasteiger partial charge in [0.1, 0.15) is 18.0 Å². The summed E-state index contributed by atoms with van der Waals surface area (Å²) < 4.78 is 13.1. The van der Waals surface area contributed by atoms with E-state index in [4.69, 9.17) is 9.47 Å². The minimum atomic E-state index is -0.501. The van der Waals surface area contributed by atoms with Crippen molar-refractivity contribution in [1.29, 1.82) is 0 Å². The average Bonchev–Trinajstić information content (AvgIpc) is 3.67. The average molecular weight is 472 g/mol. The molecule has 0 aliphatic carbocycles. The number of rotatable bonds is 6. The number of benzene rings is 2. The highest BCUT2D eigenvalue weighted by atomic mass is 16.5. The van der Waals surface area contributed by atoms with Gasteiger partial charge in [-0.25, -0.2) is 4.68 Å². The van der Waals surface area contributed by atoms with Gasteiger partial charge >= 0.3 is 0 Å². The highest BCUT2D eigenvalue weighted by Gasteiger charge is 2.37. The molecule has 10 heteroatoms. The van der Waals surface area contributed by atoms with E-state index in [2.05, 4.69) is 25.7 Å². The van der Waals surface area contributed by atoms with Crippen molar-refractivity contribution in [2.75, 3.05) is 13.7 Å². The van der Waals surface area contributed by atoms with Gasteiger partial charge in [0.15, 0.2) is 0 Å². The molecule has 0 bridgehead atoms.